The number of anilines is 1. The van der Waals surface area contributed by atoms with Crippen molar-refractivity contribution >= 4 is 43.5 Å². The summed E-state index contributed by atoms with van der Waals surface area (Å²) in [6, 6.07) is 12.2. The summed E-state index contributed by atoms with van der Waals surface area (Å²) in [4.78, 5) is 24.4. The number of esters is 1. The topological polar surface area (TPSA) is 146 Å². The number of sulfonamides is 1. The molecule has 0 aliphatic carbocycles. The predicted octanol–water partition coefficient (Wildman–Crippen LogP) is 1.53. The summed E-state index contributed by atoms with van der Waals surface area (Å²) in [7, 11) is -4.12. The summed E-state index contributed by atoms with van der Waals surface area (Å²) in [5.74, 6) is -1.85. The highest BCUT2D eigenvalue weighted by Crippen LogP contribution is 2.16. The Kier molecular flexibility index (Phi) is 8.08. The average molecular weight is 496 g/mol. The molecule has 0 saturated carbocycles. The lowest BCUT2D eigenvalue weighted by atomic mass is 10.2. The van der Waals surface area contributed by atoms with Gasteiger partial charge in [-0.3, -0.25) is 9.59 Å². The Labute approximate surface area is 181 Å². The first-order valence-electron chi connectivity index (χ1n) is 8.57. The molecule has 0 fully saturated rings. The molecule has 0 saturated heterocycles. The number of nitriles is 1. The first kappa shape index (κ1) is 23.5. The minimum Gasteiger partial charge on any atom is -0.451 e. The first-order valence-corrected chi connectivity index (χ1v) is 10.8. The smallest absolute Gasteiger partial charge is 0.327 e. The van der Waals surface area contributed by atoms with Crippen LogP contribution in [-0.2, 0) is 24.3 Å². The van der Waals surface area contributed by atoms with Gasteiger partial charge in [-0.2, -0.15) is 9.98 Å². The summed E-state index contributed by atoms with van der Waals surface area (Å²) in [6.07, 6.45) is -1.31. The van der Waals surface area contributed by atoms with E-state index in [0.29, 0.717) is 4.47 Å². The second kappa shape index (κ2) is 10.3. The maximum atomic E-state index is 12.4. The maximum absolute atomic E-state index is 12.4. The number of rotatable bonds is 8. The van der Waals surface area contributed by atoms with E-state index in [1.807, 2.05) is 10.8 Å². The molecule has 158 valence electrons. The number of ether oxygens (including phenoxy) is 1. The zero-order valence-electron chi connectivity index (χ0n) is 15.7. The summed E-state index contributed by atoms with van der Waals surface area (Å²) in [5, 5.41) is 20.9. The zero-order valence-corrected chi connectivity index (χ0v) is 18.1. The maximum Gasteiger partial charge on any atom is 0.327 e. The Morgan fingerprint density at radius 1 is 1.20 bits per heavy atom. The second-order valence-electron chi connectivity index (χ2n) is 6.04. The average Bonchev–Trinajstić information content (AvgIpc) is 2.72. The molecule has 0 aliphatic rings. The van der Waals surface area contributed by atoms with Gasteiger partial charge in [-0.15, -0.1) is 0 Å². The van der Waals surface area contributed by atoms with Crippen molar-refractivity contribution in [3.05, 3.63) is 58.6 Å². The van der Waals surface area contributed by atoms with Crippen molar-refractivity contribution in [3.63, 3.8) is 0 Å². The summed E-state index contributed by atoms with van der Waals surface area (Å²) in [6.45, 7) is 0.403. The molecule has 9 nitrogen and oxygen atoms in total. The standard InChI is InChI=1S/C19H18BrN3O6S/c1-12(18(25)22-16-5-3-2-4-13(16)10-21)29-19(26)17(11-24)23-30(27,28)15-8-6-14(20)7-9-15/h2-9,12,17,23-24H,11H2,1H3,(H,22,25). The molecule has 2 aromatic rings. The Hall–Kier alpha value is -2.78. The number of amides is 1. The molecular formula is C19H18BrN3O6S. The highest BCUT2D eigenvalue weighted by Gasteiger charge is 2.29. The van der Waals surface area contributed by atoms with E-state index >= 15 is 0 Å². The van der Waals surface area contributed by atoms with Crippen LogP contribution in [-0.4, -0.2) is 44.2 Å². The van der Waals surface area contributed by atoms with Crippen LogP contribution in [0.15, 0.2) is 57.9 Å². The number of carbonyl (C=O) groups is 2. The van der Waals surface area contributed by atoms with Crippen LogP contribution in [0.3, 0.4) is 0 Å². The molecule has 0 aromatic heterocycles. The first-order chi connectivity index (χ1) is 14.2. The van der Waals surface area contributed by atoms with Gasteiger partial charge >= 0.3 is 5.97 Å². The summed E-state index contributed by atoms with van der Waals surface area (Å²) >= 11 is 3.19. The van der Waals surface area contributed by atoms with Crippen LogP contribution < -0.4 is 10.0 Å². The fourth-order valence-corrected chi connectivity index (χ4v) is 3.70. The van der Waals surface area contributed by atoms with Crippen LogP contribution in [0.1, 0.15) is 12.5 Å². The number of hydrogen-bond donors (Lipinski definition) is 3. The van der Waals surface area contributed by atoms with E-state index in [4.69, 9.17) is 10.00 Å². The van der Waals surface area contributed by atoms with E-state index < -0.39 is 40.7 Å². The molecule has 2 atom stereocenters. The highest BCUT2D eigenvalue weighted by atomic mass is 79.9. The summed E-state index contributed by atoms with van der Waals surface area (Å²) in [5.41, 5.74) is 0.461. The van der Waals surface area contributed by atoms with Crippen molar-refractivity contribution in [2.45, 2.75) is 24.0 Å². The minimum absolute atomic E-state index is 0.115. The minimum atomic E-state index is -4.12. The third-order valence-corrected chi connectivity index (χ3v) is 5.87. The van der Waals surface area contributed by atoms with Gasteiger partial charge in [-0.1, -0.05) is 28.1 Å². The number of halogens is 1. The molecule has 0 bridgehead atoms. The quantitative estimate of drug-likeness (QED) is 0.470. The largest absolute Gasteiger partial charge is 0.451 e. The number of aliphatic hydroxyl groups excluding tert-OH is 1. The van der Waals surface area contributed by atoms with Gasteiger partial charge in [-0.05, 0) is 43.3 Å². The Morgan fingerprint density at radius 3 is 2.43 bits per heavy atom. The van der Waals surface area contributed by atoms with Gasteiger partial charge < -0.3 is 15.2 Å². The lowest BCUT2D eigenvalue weighted by molar-refractivity contribution is -0.155. The highest BCUT2D eigenvalue weighted by molar-refractivity contribution is 9.10. The van der Waals surface area contributed by atoms with Gasteiger partial charge in [0.2, 0.25) is 10.0 Å². The Balaban J connectivity index is 2.04. The molecule has 3 N–H and O–H groups in total. The molecular weight excluding hydrogens is 478 g/mol. The number of nitrogens with one attached hydrogen (secondary N) is 2. The normalized spacial score (nSPS) is 13.0. The van der Waals surface area contributed by atoms with Gasteiger partial charge in [0, 0.05) is 4.47 Å². The van der Waals surface area contributed by atoms with Gasteiger partial charge in [0.25, 0.3) is 5.91 Å². The molecule has 0 aliphatic heterocycles. The van der Waals surface area contributed by atoms with Crippen molar-refractivity contribution in [2.75, 3.05) is 11.9 Å². The Morgan fingerprint density at radius 2 is 1.83 bits per heavy atom. The number of para-hydroxylation sites is 1. The number of hydrogen-bond acceptors (Lipinski definition) is 7. The van der Waals surface area contributed by atoms with Crippen LogP contribution in [0.2, 0.25) is 0 Å². The van der Waals surface area contributed by atoms with Crippen LogP contribution in [0.5, 0.6) is 0 Å². The van der Waals surface area contributed by atoms with Crippen LogP contribution in [0.4, 0.5) is 5.69 Å². The lowest BCUT2D eigenvalue weighted by Crippen LogP contribution is -2.46. The second-order valence-corrected chi connectivity index (χ2v) is 8.67. The van der Waals surface area contributed by atoms with E-state index in [1.54, 1.807) is 12.1 Å². The molecule has 2 unspecified atom stereocenters. The molecule has 2 aromatic carbocycles. The number of carbonyl (C=O) groups excluding carboxylic acids is 2. The summed E-state index contributed by atoms with van der Waals surface area (Å²) < 4.78 is 32.5. The zero-order chi connectivity index (χ0) is 22.3. The van der Waals surface area contributed by atoms with Crippen molar-refractivity contribution < 1.29 is 27.9 Å². The van der Waals surface area contributed by atoms with Gasteiger partial charge in [0.05, 0.1) is 22.8 Å². The third kappa shape index (κ3) is 6.11. The number of aliphatic hydroxyl groups is 1. The van der Waals surface area contributed by atoms with Crippen molar-refractivity contribution in [3.8, 4) is 6.07 Å². The van der Waals surface area contributed by atoms with E-state index in [1.165, 1.54) is 43.3 Å². The number of nitrogens with zero attached hydrogens (tertiary/aromatic N) is 1. The van der Waals surface area contributed by atoms with Gasteiger partial charge in [0.15, 0.2) is 6.10 Å². The predicted molar refractivity (Wildman–Crippen MR) is 111 cm³/mol. The fraction of sp³-hybridized carbons (Fsp3) is 0.211. The lowest BCUT2D eigenvalue weighted by Gasteiger charge is -2.19. The van der Waals surface area contributed by atoms with E-state index in [-0.39, 0.29) is 16.1 Å². The SMILES string of the molecule is CC(OC(=O)C(CO)NS(=O)(=O)c1ccc(Br)cc1)C(=O)Nc1ccccc1C#N. The molecule has 2 rings (SSSR count). The van der Waals surface area contributed by atoms with Crippen LogP contribution in [0.25, 0.3) is 0 Å². The van der Waals surface area contributed by atoms with Gasteiger partial charge in [0.1, 0.15) is 12.1 Å². The van der Waals surface area contributed by atoms with Crippen molar-refractivity contribution in [1.82, 2.24) is 4.72 Å². The van der Waals surface area contributed by atoms with Gasteiger partial charge in [-0.25, -0.2) is 8.42 Å². The molecule has 1 amide bonds. The third-order valence-electron chi connectivity index (χ3n) is 3.86. The van der Waals surface area contributed by atoms with Crippen LogP contribution >= 0.6 is 15.9 Å². The van der Waals surface area contributed by atoms with E-state index in [0.717, 1.165) is 0 Å². The van der Waals surface area contributed by atoms with E-state index in [2.05, 4.69) is 21.2 Å². The van der Waals surface area contributed by atoms with Crippen molar-refractivity contribution in [1.29, 1.82) is 5.26 Å². The molecule has 11 heteroatoms. The van der Waals surface area contributed by atoms with Crippen LogP contribution in [0, 0.1) is 11.3 Å². The molecule has 0 heterocycles. The van der Waals surface area contributed by atoms with Crippen molar-refractivity contribution in [2.24, 2.45) is 0 Å². The van der Waals surface area contributed by atoms with E-state index in [9.17, 15) is 23.1 Å². The molecule has 30 heavy (non-hydrogen) atoms. The number of benzene rings is 2. The monoisotopic (exact) mass is 495 g/mol. The Bertz CT molecular complexity index is 1070. The molecule has 0 radical (unpaired) electrons. The fourth-order valence-electron chi connectivity index (χ4n) is 2.26. The molecule has 0 spiro atoms.